The van der Waals surface area contributed by atoms with Crippen molar-refractivity contribution in [2.45, 2.75) is 76.7 Å². The van der Waals surface area contributed by atoms with E-state index in [4.69, 9.17) is 0 Å². The zero-order valence-electron chi connectivity index (χ0n) is 14.9. The summed E-state index contributed by atoms with van der Waals surface area (Å²) in [5.41, 5.74) is 1.27. The largest absolute Gasteiger partial charge is 0.354 e. The Balaban J connectivity index is 1.51. The molecule has 1 atom stereocenters. The Bertz CT molecular complexity index is 472. The maximum Gasteiger partial charge on any atom is 0.242 e. The molecule has 0 aromatic carbocycles. The summed E-state index contributed by atoms with van der Waals surface area (Å²) < 4.78 is 0. The highest BCUT2D eigenvalue weighted by molar-refractivity contribution is 5.89. The van der Waals surface area contributed by atoms with Crippen molar-refractivity contribution < 1.29 is 9.59 Å². The van der Waals surface area contributed by atoms with Crippen LogP contribution in [-0.2, 0) is 9.59 Å². The standard InChI is InChI=1S/C20H32N2O2/c1-15-9-11-17(12-10-15)20(24)22-13-5-8-18(22)19(23)21-14-16-6-3-2-4-7-16/h16-18H,1-14H2,(H,21,23). The number of hydrogen-bond acceptors (Lipinski definition) is 2. The number of carbonyl (C=O) groups is 2. The smallest absolute Gasteiger partial charge is 0.242 e. The molecule has 1 saturated heterocycles. The second-order valence-corrected chi connectivity index (χ2v) is 7.96. The van der Waals surface area contributed by atoms with Crippen LogP contribution in [0.3, 0.4) is 0 Å². The molecule has 0 bridgehead atoms. The van der Waals surface area contributed by atoms with Gasteiger partial charge >= 0.3 is 0 Å². The highest BCUT2D eigenvalue weighted by Crippen LogP contribution is 2.31. The SMILES string of the molecule is C=C1CCC(C(=O)N2CCCC2C(=O)NCC2CCCCC2)CC1. The molecule has 2 saturated carbocycles. The Morgan fingerprint density at radius 2 is 1.71 bits per heavy atom. The van der Waals surface area contributed by atoms with E-state index in [-0.39, 0.29) is 23.8 Å². The minimum absolute atomic E-state index is 0.0756. The van der Waals surface area contributed by atoms with Gasteiger partial charge in [-0.15, -0.1) is 0 Å². The fourth-order valence-electron chi connectivity index (χ4n) is 4.56. The molecule has 0 aromatic rings. The highest BCUT2D eigenvalue weighted by Gasteiger charge is 2.37. The van der Waals surface area contributed by atoms with Crippen molar-refractivity contribution in [3.63, 3.8) is 0 Å². The lowest BCUT2D eigenvalue weighted by molar-refractivity contribution is -0.142. The molecule has 0 spiro atoms. The van der Waals surface area contributed by atoms with Crippen molar-refractivity contribution in [3.8, 4) is 0 Å². The molecule has 2 aliphatic carbocycles. The van der Waals surface area contributed by atoms with Crippen LogP contribution in [0.25, 0.3) is 0 Å². The summed E-state index contributed by atoms with van der Waals surface area (Å²) in [5, 5.41) is 3.14. The van der Waals surface area contributed by atoms with Crippen molar-refractivity contribution in [1.82, 2.24) is 10.2 Å². The fraction of sp³-hybridized carbons (Fsp3) is 0.800. The number of nitrogens with zero attached hydrogens (tertiary/aromatic N) is 1. The third kappa shape index (κ3) is 4.20. The van der Waals surface area contributed by atoms with Gasteiger partial charge in [0.2, 0.25) is 11.8 Å². The Labute approximate surface area is 146 Å². The number of amides is 2. The van der Waals surface area contributed by atoms with Gasteiger partial charge in [-0.05, 0) is 57.3 Å². The van der Waals surface area contributed by atoms with Crippen LogP contribution < -0.4 is 5.32 Å². The molecule has 2 amide bonds. The van der Waals surface area contributed by atoms with E-state index in [0.717, 1.165) is 51.6 Å². The second kappa shape index (κ2) is 8.17. The third-order valence-electron chi connectivity index (χ3n) is 6.17. The molecule has 0 radical (unpaired) electrons. The maximum absolute atomic E-state index is 12.8. The van der Waals surface area contributed by atoms with Gasteiger partial charge in [-0.1, -0.05) is 31.4 Å². The van der Waals surface area contributed by atoms with E-state index in [2.05, 4.69) is 11.9 Å². The molecular formula is C20H32N2O2. The van der Waals surface area contributed by atoms with E-state index in [0.29, 0.717) is 5.92 Å². The average Bonchev–Trinajstić information content (AvgIpc) is 3.10. The predicted molar refractivity (Wildman–Crippen MR) is 95.4 cm³/mol. The fourth-order valence-corrected chi connectivity index (χ4v) is 4.56. The molecule has 4 heteroatoms. The molecule has 24 heavy (non-hydrogen) atoms. The maximum atomic E-state index is 12.8. The quantitative estimate of drug-likeness (QED) is 0.802. The van der Waals surface area contributed by atoms with Crippen LogP contribution >= 0.6 is 0 Å². The Morgan fingerprint density at radius 1 is 1.00 bits per heavy atom. The number of hydrogen-bond donors (Lipinski definition) is 1. The third-order valence-corrected chi connectivity index (χ3v) is 6.17. The van der Waals surface area contributed by atoms with Gasteiger partial charge in [0.25, 0.3) is 0 Å². The zero-order valence-corrected chi connectivity index (χ0v) is 14.9. The number of allylic oxidation sites excluding steroid dienone is 1. The van der Waals surface area contributed by atoms with E-state index in [1.165, 1.54) is 37.7 Å². The summed E-state index contributed by atoms with van der Waals surface area (Å²) in [4.78, 5) is 27.3. The van der Waals surface area contributed by atoms with Gasteiger partial charge in [-0.25, -0.2) is 0 Å². The van der Waals surface area contributed by atoms with Crippen molar-refractivity contribution in [2.24, 2.45) is 11.8 Å². The number of likely N-dealkylation sites (tertiary alicyclic amines) is 1. The lowest BCUT2D eigenvalue weighted by Gasteiger charge is -2.31. The Kier molecular flexibility index (Phi) is 5.96. The van der Waals surface area contributed by atoms with Gasteiger partial charge < -0.3 is 10.2 Å². The van der Waals surface area contributed by atoms with Crippen LogP contribution in [-0.4, -0.2) is 35.8 Å². The van der Waals surface area contributed by atoms with E-state index < -0.39 is 0 Å². The molecule has 0 aromatic heterocycles. The summed E-state index contributed by atoms with van der Waals surface area (Å²) >= 11 is 0. The highest BCUT2D eigenvalue weighted by atomic mass is 16.2. The Hall–Kier alpha value is -1.32. The topological polar surface area (TPSA) is 49.4 Å². The van der Waals surface area contributed by atoms with Crippen LogP contribution in [0.1, 0.15) is 70.6 Å². The van der Waals surface area contributed by atoms with Gasteiger partial charge in [0.05, 0.1) is 0 Å². The first-order valence-electron chi connectivity index (χ1n) is 9.90. The molecule has 3 rings (SSSR count). The lowest BCUT2D eigenvalue weighted by atomic mass is 9.85. The molecule has 3 fully saturated rings. The summed E-state index contributed by atoms with van der Waals surface area (Å²) in [7, 11) is 0. The Morgan fingerprint density at radius 3 is 2.42 bits per heavy atom. The first kappa shape index (κ1) is 17.5. The van der Waals surface area contributed by atoms with Gasteiger partial charge in [0, 0.05) is 19.0 Å². The van der Waals surface area contributed by atoms with Crippen LogP contribution in [0, 0.1) is 11.8 Å². The van der Waals surface area contributed by atoms with Gasteiger partial charge in [0.15, 0.2) is 0 Å². The molecule has 134 valence electrons. The van der Waals surface area contributed by atoms with Crippen molar-refractivity contribution in [1.29, 1.82) is 0 Å². The number of rotatable bonds is 4. The van der Waals surface area contributed by atoms with E-state index in [1.807, 2.05) is 4.90 Å². The number of nitrogens with one attached hydrogen (secondary N) is 1. The van der Waals surface area contributed by atoms with Crippen LogP contribution in [0.5, 0.6) is 0 Å². The van der Waals surface area contributed by atoms with Gasteiger partial charge in [-0.2, -0.15) is 0 Å². The van der Waals surface area contributed by atoms with E-state index in [9.17, 15) is 9.59 Å². The lowest BCUT2D eigenvalue weighted by Crippen LogP contribution is -2.49. The van der Waals surface area contributed by atoms with Crippen LogP contribution in [0.15, 0.2) is 12.2 Å². The molecule has 4 nitrogen and oxygen atoms in total. The molecule has 1 aliphatic heterocycles. The minimum Gasteiger partial charge on any atom is -0.354 e. The summed E-state index contributed by atoms with van der Waals surface area (Å²) in [6.45, 7) is 5.57. The summed E-state index contributed by atoms with van der Waals surface area (Å²) in [6.07, 6.45) is 11.9. The normalized spacial score (nSPS) is 26.6. The van der Waals surface area contributed by atoms with Crippen molar-refractivity contribution in [3.05, 3.63) is 12.2 Å². The first-order valence-corrected chi connectivity index (χ1v) is 9.90. The van der Waals surface area contributed by atoms with E-state index in [1.54, 1.807) is 0 Å². The molecular weight excluding hydrogens is 300 g/mol. The molecule has 1 N–H and O–H groups in total. The monoisotopic (exact) mass is 332 g/mol. The minimum atomic E-state index is -0.230. The van der Waals surface area contributed by atoms with Gasteiger partial charge in [-0.3, -0.25) is 9.59 Å². The summed E-state index contributed by atoms with van der Waals surface area (Å²) in [6, 6.07) is -0.230. The predicted octanol–water partition coefficient (Wildman–Crippen LogP) is 3.42. The number of carbonyl (C=O) groups excluding carboxylic acids is 2. The molecule has 1 heterocycles. The molecule has 1 unspecified atom stereocenters. The van der Waals surface area contributed by atoms with E-state index >= 15 is 0 Å². The van der Waals surface area contributed by atoms with Crippen LogP contribution in [0.2, 0.25) is 0 Å². The zero-order chi connectivity index (χ0) is 16.9. The molecule has 3 aliphatic rings. The van der Waals surface area contributed by atoms with Crippen LogP contribution in [0.4, 0.5) is 0 Å². The van der Waals surface area contributed by atoms with Gasteiger partial charge in [0.1, 0.15) is 6.04 Å². The van der Waals surface area contributed by atoms with Crippen molar-refractivity contribution in [2.75, 3.05) is 13.1 Å². The first-order chi connectivity index (χ1) is 11.6. The average molecular weight is 332 g/mol. The van der Waals surface area contributed by atoms with Crippen molar-refractivity contribution >= 4 is 11.8 Å². The second-order valence-electron chi connectivity index (χ2n) is 7.96. The summed E-state index contributed by atoms with van der Waals surface area (Å²) in [5.74, 6) is 1.02.